The minimum absolute atomic E-state index is 0.0889. The van der Waals surface area contributed by atoms with Crippen LogP contribution in [-0.4, -0.2) is 21.9 Å². The summed E-state index contributed by atoms with van der Waals surface area (Å²) in [6.07, 6.45) is 0.663. The molecule has 1 aromatic carbocycles. The average Bonchev–Trinajstić information content (AvgIpc) is 2.92. The Morgan fingerprint density at radius 3 is 2.48 bits per heavy atom. The summed E-state index contributed by atoms with van der Waals surface area (Å²) >= 11 is 12.3. The van der Waals surface area contributed by atoms with E-state index in [1.807, 2.05) is 0 Å². The topological polar surface area (TPSA) is 65.4 Å². The van der Waals surface area contributed by atoms with Crippen molar-refractivity contribution in [3.63, 3.8) is 0 Å². The van der Waals surface area contributed by atoms with Crippen molar-refractivity contribution >= 4 is 35.0 Å². The number of aromatic nitrogens is 1. The Morgan fingerprint density at radius 1 is 1.11 bits per heavy atom. The molecule has 0 amide bonds. The van der Waals surface area contributed by atoms with Gasteiger partial charge < -0.3 is 9.30 Å². The van der Waals surface area contributed by atoms with Crippen LogP contribution in [0, 0.1) is 0 Å². The average molecular weight is 408 g/mol. The first-order valence-corrected chi connectivity index (χ1v) is 9.29. The molecule has 7 heteroatoms. The maximum atomic E-state index is 12.7. The van der Waals surface area contributed by atoms with Crippen LogP contribution >= 0.6 is 23.2 Å². The van der Waals surface area contributed by atoms with E-state index in [1.54, 1.807) is 39.0 Å². The summed E-state index contributed by atoms with van der Waals surface area (Å²) in [6, 6.07) is 6.23. The van der Waals surface area contributed by atoms with Crippen molar-refractivity contribution in [3.05, 3.63) is 55.9 Å². The van der Waals surface area contributed by atoms with Crippen molar-refractivity contribution in [1.82, 2.24) is 4.57 Å². The fourth-order valence-electron chi connectivity index (χ4n) is 3.22. The minimum Gasteiger partial charge on any atom is -0.459 e. The minimum atomic E-state index is -0.659. The third-order valence-electron chi connectivity index (χ3n) is 4.21. The number of pyridine rings is 1. The lowest BCUT2D eigenvalue weighted by Crippen LogP contribution is -2.32. The van der Waals surface area contributed by atoms with Gasteiger partial charge in [0, 0.05) is 44.9 Å². The molecule has 2 aromatic rings. The maximum Gasteiger partial charge on any atom is 0.326 e. The van der Waals surface area contributed by atoms with Gasteiger partial charge in [0.2, 0.25) is 0 Å². The molecule has 0 radical (unpaired) electrons. The molecular weight excluding hydrogens is 389 g/mol. The Hall–Kier alpha value is -2.11. The standard InChI is InChI=1S/C20H19Cl2NO4/c1-20(2,3)27-18(26)10-23-15-6-7-16(24)19(15)13(9-17(23)25)12-8-11(21)4-5-14(12)22/h4-5,8-9H,6-7,10H2,1-3H3. The molecule has 0 saturated heterocycles. The van der Waals surface area contributed by atoms with Crippen LogP contribution in [0.4, 0.5) is 0 Å². The van der Waals surface area contributed by atoms with Gasteiger partial charge in [-0.25, -0.2) is 0 Å². The van der Waals surface area contributed by atoms with Gasteiger partial charge in [0.25, 0.3) is 5.56 Å². The quantitative estimate of drug-likeness (QED) is 0.711. The first-order valence-electron chi connectivity index (χ1n) is 8.54. The van der Waals surface area contributed by atoms with E-state index in [9.17, 15) is 14.4 Å². The van der Waals surface area contributed by atoms with Crippen LogP contribution in [0.3, 0.4) is 0 Å². The van der Waals surface area contributed by atoms with E-state index in [4.69, 9.17) is 27.9 Å². The zero-order chi connectivity index (χ0) is 19.9. The molecule has 0 unspecified atom stereocenters. The number of ketones is 1. The molecule has 1 aliphatic carbocycles. The van der Waals surface area contributed by atoms with E-state index in [1.165, 1.54) is 10.6 Å². The number of esters is 1. The molecule has 5 nitrogen and oxygen atoms in total. The maximum absolute atomic E-state index is 12.7. The van der Waals surface area contributed by atoms with Gasteiger partial charge in [-0.2, -0.15) is 0 Å². The number of hydrogen-bond acceptors (Lipinski definition) is 4. The van der Waals surface area contributed by atoms with Gasteiger partial charge >= 0.3 is 5.97 Å². The fourth-order valence-corrected chi connectivity index (χ4v) is 3.61. The first-order chi connectivity index (χ1) is 12.6. The molecule has 0 saturated carbocycles. The summed E-state index contributed by atoms with van der Waals surface area (Å²) in [6.45, 7) is 5.03. The summed E-state index contributed by atoms with van der Waals surface area (Å²) in [5, 5.41) is 0.845. The van der Waals surface area contributed by atoms with Gasteiger partial charge in [-0.15, -0.1) is 0 Å². The first kappa shape index (κ1) is 19.6. The van der Waals surface area contributed by atoms with Crippen molar-refractivity contribution in [2.24, 2.45) is 0 Å². The number of carbonyl (C=O) groups excluding carboxylic acids is 2. The summed E-state index contributed by atoms with van der Waals surface area (Å²) < 4.78 is 6.63. The molecular formula is C20H19Cl2NO4. The van der Waals surface area contributed by atoms with Gasteiger partial charge in [0.1, 0.15) is 12.1 Å². The number of nitrogens with zero attached hydrogens (tertiary/aromatic N) is 1. The molecule has 1 aromatic heterocycles. The summed E-state index contributed by atoms with van der Waals surface area (Å²) in [5.74, 6) is -0.617. The SMILES string of the molecule is CC(C)(C)OC(=O)Cn1c2c(c(-c3cc(Cl)ccc3Cl)cc1=O)C(=O)CC2. The lowest BCUT2D eigenvalue weighted by atomic mass is 9.99. The fraction of sp³-hybridized carbons (Fsp3) is 0.350. The van der Waals surface area contributed by atoms with Crippen LogP contribution in [0.25, 0.3) is 11.1 Å². The van der Waals surface area contributed by atoms with Gasteiger partial charge in [-0.1, -0.05) is 23.2 Å². The van der Waals surface area contributed by atoms with Gasteiger partial charge in [-0.05, 0) is 45.4 Å². The predicted octanol–water partition coefficient (Wildman–Crippen LogP) is 4.29. The summed E-state index contributed by atoms with van der Waals surface area (Å²) in [4.78, 5) is 37.5. The van der Waals surface area contributed by atoms with Gasteiger partial charge in [0.05, 0.1) is 0 Å². The molecule has 0 spiro atoms. The van der Waals surface area contributed by atoms with Crippen LogP contribution in [0.2, 0.25) is 10.0 Å². The molecule has 142 valence electrons. The normalized spacial score (nSPS) is 13.6. The van der Waals surface area contributed by atoms with E-state index in [0.29, 0.717) is 38.9 Å². The van der Waals surface area contributed by atoms with E-state index in [0.717, 1.165) is 0 Å². The summed E-state index contributed by atoms with van der Waals surface area (Å²) in [5.41, 5.74) is 0.878. The number of fused-ring (bicyclic) bond motifs is 1. The molecule has 27 heavy (non-hydrogen) atoms. The molecule has 0 aliphatic heterocycles. The van der Waals surface area contributed by atoms with E-state index < -0.39 is 11.6 Å². The molecule has 0 N–H and O–H groups in total. The van der Waals surface area contributed by atoms with E-state index in [2.05, 4.69) is 0 Å². The van der Waals surface area contributed by atoms with Crippen molar-refractivity contribution in [3.8, 4) is 11.1 Å². The highest BCUT2D eigenvalue weighted by atomic mass is 35.5. The largest absolute Gasteiger partial charge is 0.459 e. The Balaban J connectivity index is 2.13. The van der Waals surface area contributed by atoms with Crippen LogP contribution in [0.5, 0.6) is 0 Å². The molecule has 1 aliphatic rings. The molecule has 1 heterocycles. The number of carbonyl (C=O) groups is 2. The van der Waals surface area contributed by atoms with Crippen LogP contribution in [0.15, 0.2) is 29.1 Å². The number of halogens is 2. The number of ether oxygens (including phenoxy) is 1. The van der Waals surface area contributed by atoms with E-state index >= 15 is 0 Å². The number of benzene rings is 1. The Morgan fingerprint density at radius 2 is 1.81 bits per heavy atom. The van der Waals surface area contributed by atoms with Crippen molar-refractivity contribution < 1.29 is 14.3 Å². The van der Waals surface area contributed by atoms with Crippen molar-refractivity contribution in [1.29, 1.82) is 0 Å². The monoisotopic (exact) mass is 407 g/mol. The third kappa shape index (κ3) is 4.09. The Bertz CT molecular complexity index is 1000. The molecule has 0 bridgehead atoms. The van der Waals surface area contributed by atoms with Crippen molar-refractivity contribution in [2.75, 3.05) is 0 Å². The van der Waals surface area contributed by atoms with Crippen LogP contribution in [0.1, 0.15) is 43.2 Å². The zero-order valence-electron chi connectivity index (χ0n) is 15.3. The third-order valence-corrected chi connectivity index (χ3v) is 4.78. The second-order valence-corrected chi connectivity index (χ2v) is 8.28. The number of Topliss-reactive ketones (excluding diaryl/α,β-unsaturated/α-hetero) is 1. The van der Waals surface area contributed by atoms with Crippen LogP contribution < -0.4 is 5.56 Å². The molecule has 0 fully saturated rings. The smallest absolute Gasteiger partial charge is 0.326 e. The van der Waals surface area contributed by atoms with Crippen molar-refractivity contribution in [2.45, 2.75) is 45.8 Å². The number of hydrogen-bond donors (Lipinski definition) is 0. The lowest BCUT2D eigenvalue weighted by Gasteiger charge is -2.21. The highest BCUT2D eigenvalue weighted by Gasteiger charge is 2.29. The number of rotatable bonds is 3. The Labute approximate surface area is 166 Å². The second-order valence-electron chi connectivity index (χ2n) is 7.44. The predicted molar refractivity (Wildman–Crippen MR) is 105 cm³/mol. The Kier molecular flexibility index (Phi) is 5.19. The molecule has 0 atom stereocenters. The highest BCUT2D eigenvalue weighted by Crippen LogP contribution is 2.36. The van der Waals surface area contributed by atoms with E-state index in [-0.39, 0.29) is 24.3 Å². The summed E-state index contributed by atoms with van der Waals surface area (Å²) in [7, 11) is 0. The van der Waals surface area contributed by atoms with Gasteiger partial charge in [0.15, 0.2) is 5.78 Å². The highest BCUT2D eigenvalue weighted by molar-refractivity contribution is 6.35. The van der Waals surface area contributed by atoms with Gasteiger partial charge in [-0.3, -0.25) is 14.4 Å². The second kappa shape index (κ2) is 7.13. The molecule has 3 rings (SSSR count). The lowest BCUT2D eigenvalue weighted by molar-refractivity contribution is -0.155. The zero-order valence-corrected chi connectivity index (χ0v) is 16.8. The van der Waals surface area contributed by atoms with Crippen LogP contribution in [-0.2, 0) is 22.5 Å².